The molecule has 2 atom stereocenters. The number of ether oxygens (including phenoxy) is 1. The summed E-state index contributed by atoms with van der Waals surface area (Å²) < 4.78 is 5.90. The van der Waals surface area contributed by atoms with Gasteiger partial charge in [0.1, 0.15) is 12.1 Å². The Morgan fingerprint density at radius 3 is 1.71 bits per heavy atom. The molecule has 0 spiro atoms. The zero-order chi connectivity index (χ0) is 38.2. The minimum Gasteiger partial charge on any atom is -0.480 e. The predicted molar refractivity (Wildman–Crippen MR) is 220 cm³/mol. The highest BCUT2D eigenvalue weighted by atomic mass is 16.5. The zero-order valence-electron chi connectivity index (χ0n) is 33.4. The highest BCUT2D eigenvalue weighted by Crippen LogP contribution is 2.15. The van der Waals surface area contributed by atoms with Crippen LogP contribution in [0.15, 0.2) is 60.8 Å². The average Bonchev–Trinajstić information content (AvgIpc) is 3.13. The smallest absolute Gasteiger partial charge is 0.326 e. The summed E-state index contributed by atoms with van der Waals surface area (Å²) in [5, 5.41) is 11.9. The molecular weight excluding hydrogens is 649 g/mol. The van der Waals surface area contributed by atoms with Gasteiger partial charge in [-0.2, -0.15) is 0 Å². The van der Waals surface area contributed by atoms with Crippen molar-refractivity contribution in [1.29, 1.82) is 0 Å². The SMILES string of the molecule is CC/C=C\C/C=C\C/C=C\C/C=C\CCCCCCCCCCC(=O)OC(/C=C\CCCCCC)CCCCCCC(=O)NC(CCCN)C(=O)O. The molecule has 0 fully saturated rings. The third kappa shape index (κ3) is 35.5. The molecule has 2 unspecified atom stereocenters. The van der Waals surface area contributed by atoms with E-state index in [2.05, 4.69) is 79.9 Å². The minimum absolute atomic E-state index is 0.101. The van der Waals surface area contributed by atoms with E-state index in [0.717, 1.165) is 77.0 Å². The molecule has 0 aromatic heterocycles. The van der Waals surface area contributed by atoms with Gasteiger partial charge in [-0.05, 0) is 103 Å². The molecule has 0 aliphatic rings. The largest absolute Gasteiger partial charge is 0.480 e. The van der Waals surface area contributed by atoms with Crippen molar-refractivity contribution in [3.05, 3.63) is 60.8 Å². The summed E-state index contributed by atoms with van der Waals surface area (Å²) in [6.07, 6.45) is 48.6. The van der Waals surface area contributed by atoms with Gasteiger partial charge in [-0.1, -0.05) is 139 Å². The van der Waals surface area contributed by atoms with Crippen molar-refractivity contribution in [3.63, 3.8) is 0 Å². The fourth-order valence-electron chi connectivity index (χ4n) is 5.88. The lowest BCUT2D eigenvalue weighted by molar-refractivity contribution is -0.147. The van der Waals surface area contributed by atoms with Crippen LogP contribution in [0.25, 0.3) is 0 Å². The first kappa shape index (κ1) is 49.1. The molecule has 0 aromatic rings. The van der Waals surface area contributed by atoms with Crippen molar-refractivity contribution in [1.82, 2.24) is 5.32 Å². The third-order valence-electron chi connectivity index (χ3n) is 9.05. The molecular formula is C45H78N2O5. The van der Waals surface area contributed by atoms with Crippen molar-refractivity contribution in [3.8, 4) is 0 Å². The van der Waals surface area contributed by atoms with E-state index in [-0.39, 0.29) is 18.0 Å². The fourth-order valence-corrected chi connectivity index (χ4v) is 5.88. The van der Waals surface area contributed by atoms with E-state index in [1.165, 1.54) is 64.2 Å². The van der Waals surface area contributed by atoms with E-state index >= 15 is 0 Å². The summed E-state index contributed by atoms with van der Waals surface area (Å²) in [5.41, 5.74) is 5.47. The number of carboxylic acids is 1. The second kappa shape index (κ2) is 39.3. The summed E-state index contributed by atoms with van der Waals surface area (Å²) in [6.45, 7) is 4.77. The van der Waals surface area contributed by atoms with Crippen LogP contribution in [0.1, 0.15) is 187 Å². The number of nitrogens with two attached hydrogens (primary N) is 1. The topological polar surface area (TPSA) is 119 Å². The quantitative estimate of drug-likeness (QED) is 0.0333. The van der Waals surface area contributed by atoms with Gasteiger partial charge in [-0.25, -0.2) is 4.79 Å². The molecule has 0 aliphatic heterocycles. The molecule has 4 N–H and O–H groups in total. The van der Waals surface area contributed by atoms with Crippen LogP contribution in [0.5, 0.6) is 0 Å². The molecule has 7 nitrogen and oxygen atoms in total. The Morgan fingerprint density at radius 1 is 0.596 bits per heavy atom. The number of carbonyl (C=O) groups is 3. The second-order valence-corrected chi connectivity index (χ2v) is 14.0. The van der Waals surface area contributed by atoms with E-state index in [4.69, 9.17) is 10.5 Å². The van der Waals surface area contributed by atoms with Crippen molar-refractivity contribution >= 4 is 17.8 Å². The van der Waals surface area contributed by atoms with Crippen molar-refractivity contribution in [2.24, 2.45) is 5.73 Å². The number of hydrogen-bond donors (Lipinski definition) is 3. The maximum absolute atomic E-state index is 12.7. The lowest BCUT2D eigenvalue weighted by atomic mass is 10.1. The maximum Gasteiger partial charge on any atom is 0.326 e. The summed E-state index contributed by atoms with van der Waals surface area (Å²) in [5.74, 6) is -1.34. The number of allylic oxidation sites excluding steroid dienone is 9. The molecule has 0 aromatic carbocycles. The standard InChI is InChI=1S/C45H78N2O5/c1-3-5-7-9-11-12-13-14-15-16-17-18-19-20-21-22-23-24-25-27-33-39-44(49)52-41(35-30-26-10-8-6-4-2)36-31-28-29-32-38-43(48)47-42(45(50)51)37-34-40-46/h5,7,11-12,14-15,17-18,30,35,41-42H,3-4,6,8-10,13,16,19-29,31-34,36-40,46H2,1-2H3,(H,47,48)(H,50,51)/b7-5-,12-11-,15-14-,18-17-,35-30-. The first-order valence-electron chi connectivity index (χ1n) is 21.1. The Balaban J connectivity index is 4.12. The first-order valence-corrected chi connectivity index (χ1v) is 21.1. The van der Waals surface area contributed by atoms with Crippen molar-refractivity contribution in [2.75, 3.05) is 6.54 Å². The van der Waals surface area contributed by atoms with Gasteiger partial charge in [0.05, 0.1) is 0 Å². The van der Waals surface area contributed by atoms with Gasteiger partial charge >= 0.3 is 11.9 Å². The summed E-state index contributed by atoms with van der Waals surface area (Å²) in [6, 6.07) is -0.872. The lowest BCUT2D eigenvalue weighted by Gasteiger charge is -2.15. The fraction of sp³-hybridized carbons (Fsp3) is 0.711. The highest BCUT2D eigenvalue weighted by molar-refractivity contribution is 5.83. The Bertz CT molecular complexity index is 1000. The molecule has 0 rings (SSSR count). The third-order valence-corrected chi connectivity index (χ3v) is 9.05. The van der Waals surface area contributed by atoms with Gasteiger partial charge in [-0.3, -0.25) is 9.59 Å². The molecule has 7 heteroatoms. The predicted octanol–water partition coefficient (Wildman–Crippen LogP) is 11.8. The number of hydrogen-bond acceptors (Lipinski definition) is 5. The number of amides is 1. The van der Waals surface area contributed by atoms with E-state index in [9.17, 15) is 19.5 Å². The number of esters is 1. The minimum atomic E-state index is -1.02. The van der Waals surface area contributed by atoms with Crippen LogP contribution in [0.3, 0.4) is 0 Å². The molecule has 0 saturated heterocycles. The van der Waals surface area contributed by atoms with Gasteiger partial charge in [0.2, 0.25) is 5.91 Å². The van der Waals surface area contributed by atoms with Crippen LogP contribution in [0.4, 0.5) is 0 Å². The van der Waals surface area contributed by atoms with E-state index in [1.54, 1.807) is 0 Å². The number of carboxylic acid groups (broad SMARTS) is 1. The van der Waals surface area contributed by atoms with Crippen LogP contribution in [-0.4, -0.2) is 41.6 Å². The molecule has 298 valence electrons. The first-order chi connectivity index (χ1) is 25.4. The molecule has 0 aliphatic carbocycles. The molecule has 1 amide bonds. The lowest BCUT2D eigenvalue weighted by Crippen LogP contribution is -2.40. The van der Waals surface area contributed by atoms with E-state index < -0.39 is 12.0 Å². The summed E-state index contributed by atoms with van der Waals surface area (Å²) in [4.78, 5) is 36.2. The molecule has 0 saturated carbocycles. The molecule has 0 heterocycles. The van der Waals surface area contributed by atoms with Crippen molar-refractivity contribution < 1.29 is 24.2 Å². The van der Waals surface area contributed by atoms with Crippen LogP contribution < -0.4 is 11.1 Å². The Labute approximate surface area is 319 Å². The Hall–Kier alpha value is -2.93. The number of rotatable bonds is 37. The number of nitrogens with one attached hydrogen (secondary N) is 1. The van der Waals surface area contributed by atoms with E-state index in [1.807, 2.05) is 0 Å². The summed E-state index contributed by atoms with van der Waals surface area (Å²) in [7, 11) is 0. The molecule has 0 bridgehead atoms. The molecule has 52 heavy (non-hydrogen) atoms. The van der Waals surface area contributed by atoms with Gasteiger partial charge in [-0.15, -0.1) is 0 Å². The Kier molecular flexibility index (Phi) is 37.1. The Morgan fingerprint density at radius 2 is 1.12 bits per heavy atom. The average molecular weight is 727 g/mol. The molecule has 0 radical (unpaired) electrons. The van der Waals surface area contributed by atoms with Crippen LogP contribution in [0.2, 0.25) is 0 Å². The van der Waals surface area contributed by atoms with Crippen LogP contribution >= 0.6 is 0 Å². The number of aliphatic carboxylic acids is 1. The monoisotopic (exact) mass is 727 g/mol. The normalized spacial score (nSPS) is 13.3. The van der Waals surface area contributed by atoms with Gasteiger partial charge in [0, 0.05) is 12.8 Å². The van der Waals surface area contributed by atoms with E-state index in [0.29, 0.717) is 38.6 Å². The number of unbranched alkanes of at least 4 members (excludes halogenated alkanes) is 15. The summed E-state index contributed by atoms with van der Waals surface area (Å²) >= 11 is 0. The van der Waals surface area contributed by atoms with Gasteiger partial charge in [0.25, 0.3) is 0 Å². The van der Waals surface area contributed by atoms with Crippen LogP contribution in [-0.2, 0) is 19.1 Å². The van der Waals surface area contributed by atoms with Gasteiger partial charge < -0.3 is 20.9 Å². The van der Waals surface area contributed by atoms with Gasteiger partial charge in [0.15, 0.2) is 0 Å². The number of carbonyl (C=O) groups excluding carboxylic acids is 2. The second-order valence-electron chi connectivity index (χ2n) is 14.0. The maximum atomic E-state index is 12.7. The highest BCUT2D eigenvalue weighted by Gasteiger charge is 2.19. The van der Waals surface area contributed by atoms with Crippen molar-refractivity contribution in [2.45, 2.75) is 199 Å². The zero-order valence-corrected chi connectivity index (χ0v) is 33.4. The van der Waals surface area contributed by atoms with Crippen LogP contribution in [0, 0.1) is 0 Å².